The summed E-state index contributed by atoms with van der Waals surface area (Å²) in [5.41, 5.74) is 3.02. The van der Waals surface area contributed by atoms with E-state index in [1.54, 1.807) is 53.8 Å². The number of hydrogen-bond donors (Lipinski definition) is 0. The van der Waals surface area contributed by atoms with Gasteiger partial charge in [0.1, 0.15) is 16.7 Å². The van der Waals surface area contributed by atoms with Crippen molar-refractivity contribution >= 4 is 59.0 Å². The van der Waals surface area contributed by atoms with Crippen LogP contribution in [0.1, 0.15) is 51.8 Å². The molecule has 0 aliphatic carbocycles. The number of furan rings is 1. The molecule has 1 aliphatic heterocycles. The molecule has 2 amide bonds. The van der Waals surface area contributed by atoms with Crippen molar-refractivity contribution in [2.45, 2.75) is 60.0 Å². The van der Waals surface area contributed by atoms with Gasteiger partial charge >= 0.3 is 0 Å². The van der Waals surface area contributed by atoms with Crippen molar-refractivity contribution in [3.63, 3.8) is 0 Å². The van der Waals surface area contributed by atoms with Gasteiger partial charge in [-0.2, -0.15) is 0 Å². The van der Waals surface area contributed by atoms with Crippen LogP contribution in [0.25, 0.3) is 11.0 Å². The Kier molecular flexibility index (Phi) is 13.0. The summed E-state index contributed by atoms with van der Waals surface area (Å²) in [4.78, 5) is 49.6. The lowest BCUT2D eigenvalue weighted by molar-refractivity contribution is -0.137. The molecule has 0 bridgehead atoms. The van der Waals surface area contributed by atoms with Crippen LogP contribution in [0.2, 0.25) is 0 Å². The molecule has 0 atom stereocenters. The Morgan fingerprint density at radius 1 is 0.979 bits per heavy atom. The van der Waals surface area contributed by atoms with Crippen LogP contribution in [0.15, 0.2) is 70.3 Å². The average molecular weight is 687 g/mol. The Morgan fingerprint density at radius 2 is 1.77 bits per heavy atom. The summed E-state index contributed by atoms with van der Waals surface area (Å²) < 4.78 is 13.3. The average Bonchev–Trinajstić information content (AvgIpc) is 3.52. The summed E-state index contributed by atoms with van der Waals surface area (Å²) in [6, 6.07) is 13.2. The second-order valence-corrected chi connectivity index (χ2v) is 12.0. The Bertz CT molecular complexity index is 1740. The van der Waals surface area contributed by atoms with E-state index < -0.39 is 5.41 Å². The normalized spacial score (nSPS) is 14.1. The second kappa shape index (κ2) is 16.3. The summed E-state index contributed by atoms with van der Waals surface area (Å²) in [6.45, 7) is 11.0. The Hall–Kier alpha value is -3.86. The molecule has 47 heavy (non-hydrogen) atoms. The molecule has 4 heterocycles. The van der Waals surface area contributed by atoms with Crippen LogP contribution in [-0.2, 0) is 29.1 Å². The van der Waals surface area contributed by atoms with Gasteiger partial charge in [-0.25, -0.2) is 0 Å². The van der Waals surface area contributed by atoms with Crippen LogP contribution in [0.5, 0.6) is 5.75 Å². The largest absolute Gasteiger partial charge is 0.493 e. The van der Waals surface area contributed by atoms with Gasteiger partial charge in [0.05, 0.1) is 29.6 Å². The molecule has 1 aromatic carbocycles. The van der Waals surface area contributed by atoms with Gasteiger partial charge in [-0.1, -0.05) is 19.4 Å². The van der Waals surface area contributed by atoms with Crippen LogP contribution >= 0.6 is 24.8 Å². The lowest BCUT2D eigenvalue weighted by atomic mass is 9.90. The number of rotatable bonds is 13. The van der Waals surface area contributed by atoms with E-state index in [0.717, 1.165) is 31.5 Å². The van der Waals surface area contributed by atoms with E-state index in [1.165, 1.54) is 5.56 Å². The Balaban J connectivity index is 0.00000300. The summed E-state index contributed by atoms with van der Waals surface area (Å²) in [5.74, 6) is 0.180. The number of carbonyl (C=O) groups is 2. The molecule has 254 valence electrons. The maximum absolute atomic E-state index is 13.2. The van der Waals surface area contributed by atoms with Gasteiger partial charge in [0, 0.05) is 63.9 Å². The van der Waals surface area contributed by atoms with Gasteiger partial charge in [0.15, 0.2) is 0 Å². The summed E-state index contributed by atoms with van der Waals surface area (Å²) in [5, 5.41) is 0.582. The topological polar surface area (TPSA) is 101 Å². The van der Waals surface area contributed by atoms with Crippen molar-refractivity contribution in [2.75, 3.05) is 43.1 Å². The van der Waals surface area contributed by atoms with E-state index in [0.29, 0.717) is 60.9 Å². The van der Waals surface area contributed by atoms with Crippen molar-refractivity contribution in [1.82, 2.24) is 14.5 Å². The molecule has 10 nitrogen and oxygen atoms in total. The van der Waals surface area contributed by atoms with Crippen molar-refractivity contribution in [3.8, 4) is 5.75 Å². The predicted octanol–water partition coefficient (Wildman–Crippen LogP) is 6.11. The summed E-state index contributed by atoms with van der Waals surface area (Å²) >= 11 is 0. The Morgan fingerprint density at radius 3 is 2.51 bits per heavy atom. The number of carbonyl (C=O) groups excluding carboxylic acids is 2. The van der Waals surface area contributed by atoms with Gasteiger partial charge in [0.25, 0.3) is 5.56 Å². The van der Waals surface area contributed by atoms with Gasteiger partial charge in [-0.05, 0) is 69.5 Å². The monoisotopic (exact) mass is 685 g/mol. The number of benzene rings is 1. The van der Waals surface area contributed by atoms with Crippen LogP contribution in [0, 0.1) is 5.41 Å². The van der Waals surface area contributed by atoms with E-state index in [-0.39, 0.29) is 42.2 Å². The van der Waals surface area contributed by atoms with Crippen LogP contribution in [-0.4, -0.2) is 59.6 Å². The van der Waals surface area contributed by atoms with Crippen LogP contribution in [0.4, 0.5) is 11.4 Å². The highest BCUT2D eigenvalue weighted by Crippen LogP contribution is 2.40. The van der Waals surface area contributed by atoms with E-state index in [2.05, 4.69) is 22.9 Å². The van der Waals surface area contributed by atoms with E-state index >= 15 is 0 Å². The molecule has 0 spiro atoms. The van der Waals surface area contributed by atoms with Crippen molar-refractivity contribution in [1.29, 1.82) is 0 Å². The van der Waals surface area contributed by atoms with E-state index in [9.17, 15) is 14.4 Å². The first-order valence-electron chi connectivity index (χ1n) is 15.7. The quantitative estimate of drug-likeness (QED) is 0.124. The van der Waals surface area contributed by atoms with Crippen molar-refractivity contribution in [2.24, 2.45) is 5.41 Å². The molecule has 0 saturated carbocycles. The molecule has 0 fully saturated rings. The first kappa shape index (κ1) is 37.6. The van der Waals surface area contributed by atoms with Crippen molar-refractivity contribution < 1.29 is 18.7 Å². The predicted molar refractivity (Wildman–Crippen MR) is 190 cm³/mol. The third-order valence-corrected chi connectivity index (χ3v) is 8.54. The fourth-order valence-electron chi connectivity index (χ4n) is 5.97. The molecule has 5 rings (SSSR count). The van der Waals surface area contributed by atoms with Gasteiger partial charge in [0.2, 0.25) is 11.8 Å². The summed E-state index contributed by atoms with van der Waals surface area (Å²) in [7, 11) is 1.71. The standard InChI is InChI=1S/C35H43N5O5.2ClH/c1-6-10-28-25(11-8-16-36-28)24-38(19-20-39-18-14-31-27(32(39)41)15-22-45-31)17-9-21-44-26-12-13-29-30(23-26)37(5)33(42)35(3,4)34(43)40(29)7-2;;/h8,11-16,18,22-23H,6-7,9-10,17,19-21,24H2,1-5H3;2*1H. The number of aromatic nitrogens is 2. The first-order valence-corrected chi connectivity index (χ1v) is 15.7. The third kappa shape index (κ3) is 8.00. The molecule has 0 radical (unpaired) electrons. The number of aryl methyl sites for hydroxylation is 1. The second-order valence-electron chi connectivity index (χ2n) is 12.0. The van der Waals surface area contributed by atoms with Gasteiger partial charge < -0.3 is 23.5 Å². The highest BCUT2D eigenvalue weighted by Gasteiger charge is 2.45. The molecule has 0 unspecified atom stereocenters. The molecule has 3 aromatic heterocycles. The number of pyridine rings is 2. The molecule has 1 aliphatic rings. The fourth-order valence-corrected chi connectivity index (χ4v) is 5.97. The lowest BCUT2D eigenvalue weighted by Gasteiger charge is -2.27. The molecular formula is C35H45Cl2N5O5. The molecule has 0 N–H and O–H groups in total. The smallest absolute Gasteiger partial charge is 0.261 e. The molecule has 12 heteroatoms. The number of hydrogen-bond acceptors (Lipinski definition) is 7. The number of anilines is 2. The number of halogens is 2. The minimum Gasteiger partial charge on any atom is -0.493 e. The SMILES string of the molecule is CCCc1ncccc1CN(CCCOc1ccc2c(c1)N(C)C(=O)C(C)(C)C(=O)N2CC)CCn1ccc2occc2c1=O.Cl.Cl. The van der Waals surface area contributed by atoms with Crippen LogP contribution < -0.4 is 20.1 Å². The van der Waals surface area contributed by atoms with Crippen molar-refractivity contribution in [3.05, 3.63) is 82.7 Å². The number of ether oxygens (including phenoxy) is 1. The maximum Gasteiger partial charge on any atom is 0.261 e. The fraction of sp³-hybridized carbons (Fsp3) is 0.429. The zero-order valence-corrected chi connectivity index (χ0v) is 29.4. The summed E-state index contributed by atoms with van der Waals surface area (Å²) in [6.07, 6.45) is 7.85. The highest BCUT2D eigenvalue weighted by atomic mass is 35.5. The zero-order valence-electron chi connectivity index (χ0n) is 27.7. The number of fused-ring (bicyclic) bond motifs is 2. The zero-order chi connectivity index (χ0) is 32.1. The number of amides is 2. The highest BCUT2D eigenvalue weighted by molar-refractivity contribution is 6.20. The minimum absolute atomic E-state index is 0. The third-order valence-electron chi connectivity index (χ3n) is 8.54. The Labute approximate surface area is 288 Å². The lowest BCUT2D eigenvalue weighted by Crippen LogP contribution is -2.47. The van der Waals surface area contributed by atoms with E-state index in [4.69, 9.17) is 9.15 Å². The maximum atomic E-state index is 13.2. The van der Waals surface area contributed by atoms with Gasteiger partial charge in [-0.15, -0.1) is 24.8 Å². The molecule has 4 aromatic rings. The molecule has 0 saturated heterocycles. The molecular weight excluding hydrogens is 641 g/mol. The minimum atomic E-state index is -1.16. The first-order chi connectivity index (χ1) is 21.6. The van der Waals surface area contributed by atoms with E-state index in [1.807, 2.05) is 43.5 Å². The van der Waals surface area contributed by atoms with Crippen LogP contribution in [0.3, 0.4) is 0 Å². The number of nitrogens with zero attached hydrogens (tertiary/aromatic N) is 5. The van der Waals surface area contributed by atoms with Gasteiger partial charge in [-0.3, -0.25) is 24.3 Å².